The van der Waals surface area contributed by atoms with Crippen LogP contribution in [-0.2, 0) is 4.79 Å². The van der Waals surface area contributed by atoms with Gasteiger partial charge in [0.15, 0.2) is 0 Å². The Kier molecular flexibility index (Phi) is 2.88. The van der Waals surface area contributed by atoms with Crippen LogP contribution in [0.5, 0.6) is 0 Å². The summed E-state index contributed by atoms with van der Waals surface area (Å²) in [6.45, 7) is 0. The molecule has 0 aliphatic heterocycles. The lowest BCUT2D eigenvalue weighted by Gasteiger charge is -2.01. The van der Waals surface area contributed by atoms with E-state index >= 15 is 0 Å². The maximum atomic E-state index is 10.6. The number of fused-ring (bicyclic) bond motifs is 1. The van der Waals surface area contributed by atoms with Crippen molar-refractivity contribution in [2.45, 2.75) is 0 Å². The molecule has 0 aliphatic carbocycles. The van der Waals surface area contributed by atoms with Crippen molar-refractivity contribution in [1.82, 2.24) is 4.98 Å². The van der Waals surface area contributed by atoms with E-state index in [1.54, 1.807) is 6.08 Å². The van der Waals surface area contributed by atoms with Gasteiger partial charge in [0.2, 0.25) is 5.91 Å². The Bertz CT molecular complexity index is 578. The summed E-state index contributed by atoms with van der Waals surface area (Å²) in [6.07, 6.45) is 2.82. The molecule has 0 radical (unpaired) electrons. The van der Waals surface area contributed by atoms with Crippen molar-refractivity contribution in [3.8, 4) is 0 Å². The predicted octanol–water partition coefficient (Wildman–Crippen LogP) is 2.39. The molecule has 80 valence electrons. The number of rotatable bonds is 2. The number of benzene rings is 1. The summed E-state index contributed by atoms with van der Waals surface area (Å²) in [4.78, 5) is 14.8. The van der Waals surface area contributed by atoms with Gasteiger partial charge in [-0.2, -0.15) is 0 Å². The molecule has 3 nitrogen and oxygen atoms in total. The van der Waals surface area contributed by atoms with Crippen LogP contribution in [0.1, 0.15) is 5.56 Å². The number of para-hydroxylation sites is 1. The van der Waals surface area contributed by atoms with E-state index in [1.807, 2.05) is 30.3 Å². The van der Waals surface area contributed by atoms with Crippen molar-refractivity contribution < 1.29 is 4.79 Å². The lowest BCUT2D eigenvalue weighted by atomic mass is 10.1. The quantitative estimate of drug-likeness (QED) is 0.639. The lowest BCUT2D eigenvalue weighted by Crippen LogP contribution is -2.05. The van der Waals surface area contributed by atoms with Crippen molar-refractivity contribution in [1.29, 1.82) is 0 Å². The van der Waals surface area contributed by atoms with E-state index in [2.05, 4.69) is 4.98 Å². The topological polar surface area (TPSA) is 56.0 Å². The standard InChI is InChI=1S/C12H9ClN2O/c13-12-9(5-6-11(14)16)7-8-3-1-2-4-10(8)15-12/h1-7H,(H2,14,16). The van der Waals surface area contributed by atoms with Gasteiger partial charge in [-0.25, -0.2) is 4.98 Å². The highest BCUT2D eigenvalue weighted by atomic mass is 35.5. The summed E-state index contributed by atoms with van der Waals surface area (Å²) in [5.41, 5.74) is 6.52. The Balaban J connectivity index is 2.54. The molecule has 1 amide bonds. The van der Waals surface area contributed by atoms with Gasteiger partial charge in [0, 0.05) is 17.0 Å². The number of hydrogen-bond acceptors (Lipinski definition) is 2. The first kappa shape index (κ1) is 10.6. The fourth-order valence-corrected chi connectivity index (χ4v) is 1.61. The largest absolute Gasteiger partial charge is 0.366 e. The van der Waals surface area contributed by atoms with Crippen LogP contribution in [0.25, 0.3) is 17.0 Å². The third kappa shape index (κ3) is 2.20. The first-order chi connectivity index (χ1) is 7.66. The molecule has 0 aliphatic rings. The molecule has 1 aromatic heterocycles. The van der Waals surface area contributed by atoms with Crippen LogP contribution in [-0.4, -0.2) is 10.9 Å². The molecule has 0 atom stereocenters. The van der Waals surface area contributed by atoms with Crippen LogP contribution < -0.4 is 5.73 Å². The normalized spacial score (nSPS) is 11.1. The fourth-order valence-electron chi connectivity index (χ4n) is 1.40. The van der Waals surface area contributed by atoms with Crippen molar-refractivity contribution in [2.75, 3.05) is 0 Å². The Labute approximate surface area is 97.5 Å². The summed E-state index contributed by atoms with van der Waals surface area (Å²) in [6, 6.07) is 9.48. The van der Waals surface area contributed by atoms with E-state index in [1.165, 1.54) is 6.08 Å². The third-order valence-electron chi connectivity index (χ3n) is 2.13. The molecule has 0 spiro atoms. The summed E-state index contributed by atoms with van der Waals surface area (Å²) >= 11 is 5.97. The number of amides is 1. The van der Waals surface area contributed by atoms with Gasteiger partial charge >= 0.3 is 0 Å². The smallest absolute Gasteiger partial charge is 0.241 e. The van der Waals surface area contributed by atoms with Gasteiger partial charge in [-0.3, -0.25) is 4.79 Å². The molecular weight excluding hydrogens is 224 g/mol. The lowest BCUT2D eigenvalue weighted by molar-refractivity contribution is -0.113. The molecule has 2 N–H and O–H groups in total. The molecule has 16 heavy (non-hydrogen) atoms. The van der Waals surface area contributed by atoms with Gasteiger partial charge in [0.05, 0.1) is 5.52 Å². The predicted molar refractivity (Wildman–Crippen MR) is 65.0 cm³/mol. The second-order valence-electron chi connectivity index (χ2n) is 3.30. The number of halogens is 1. The minimum absolute atomic E-state index is 0.358. The Morgan fingerprint density at radius 2 is 2.12 bits per heavy atom. The Hall–Kier alpha value is -1.87. The van der Waals surface area contributed by atoms with Crippen LogP contribution in [0.15, 0.2) is 36.4 Å². The summed E-state index contributed by atoms with van der Waals surface area (Å²) in [5, 5.41) is 1.33. The summed E-state index contributed by atoms with van der Waals surface area (Å²) < 4.78 is 0. The number of carbonyl (C=O) groups is 1. The highest BCUT2D eigenvalue weighted by Gasteiger charge is 2.01. The Morgan fingerprint density at radius 1 is 1.38 bits per heavy atom. The summed E-state index contributed by atoms with van der Waals surface area (Å²) in [7, 11) is 0. The zero-order valence-electron chi connectivity index (χ0n) is 8.35. The zero-order chi connectivity index (χ0) is 11.5. The number of primary amides is 1. The van der Waals surface area contributed by atoms with Crippen LogP contribution in [0.2, 0.25) is 5.15 Å². The average Bonchev–Trinajstić information content (AvgIpc) is 2.26. The molecule has 1 heterocycles. The van der Waals surface area contributed by atoms with Crippen LogP contribution in [0.3, 0.4) is 0 Å². The number of pyridine rings is 1. The SMILES string of the molecule is NC(=O)C=Cc1cc2ccccc2nc1Cl. The van der Waals surface area contributed by atoms with E-state index in [4.69, 9.17) is 17.3 Å². The van der Waals surface area contributed by atoms with E-state index in [0.717, 1.165) is 10.9 Å². The molecule has 2 aromatic rings. The molecule has 0 unspecified atom stereocenters. The number of nitrogens with zero attached hydrogens (tertiary/aromatic N) is 1. The molecule has 0 bridgehead atoms. The number of nitrogens with two attached hydrogens (primary N) is 1. The molecule has 0 saturated heterocycles. The molecule has 4 heteroatoms. The maximum absolute atomic E-state index is 10.6. The van der Waals surface area contributed by atoms with Crippen LogP contribution in [0.4, 0.5) is 0 Å². The van der Waals surface area contributed by atoms with Gasteiger partial charge in [-0.05, 0) is 18.2 Å². The van der Waals surface area contributed by atoms with Gasteiger partial charge < -0.3 is 5.73 Å². The monoisotopic (exact) mass is 232 g/mol. The van der Waals surface area contributed by atoms with Crippen molar-refractivity contribution in [2.24, 2.45) is 5.73 Å². The zero-order valence-corrected chi connectivity index (χ0v) is 9.11. The molecule has 0 saturated carbocycles. The van der Waals surface area contributed by atoms with Crippen molar-refractivity contribution in [3.63, 3.8) is 0 Å². The van der Waals surface area contributed by atoms with Gasteiger partial charge in [-0.15, -0.1) is 0 Å². The number of carbonyl (C=O) groups excluding carboxylic acids is 1. The second kappa shape index (κ2) is 4.33. The van der Waals surface area contributed by atoms with Crippen molar-refractivity contribution in [3.05, 3.63) is 47.1 Å². The maximum Gasteiger partial charge on any atom is 0.241 e. The highest BCUT2D eigenvalue weighted by molar-refractivity contribution is 6.31. The fraction of sp³-hybridized carbons (Fsp3) is 0. The third-order valence-corrected chi connectivity index (χ3v) is 2.43. The van der Waals surface area contributed by atoms with Crippen LogP contribution in [0, 0.1) is 0 Å². The minimum Gasteiger partial charge on any atom is -0.366 e. The molecular formula is C12H9ClN2O. The van der Waals surface area contributed by atoms with E-state index in [0.29, 0.717) is 10.7 Å². The minimum atomic E-state index is -0.510. The first-order valence-corrected chi connectivity index (χ1v) is 5.07. The second-order valence-corrected chi connectivity index (χ2v) is 3.65. The van der Waals surface area contributed by atoms with E-state index < -0.39 is 5.91 Å². The van der Waals surface area contributed by atoms with Gasteiger partial charge in [0.1, 0.15) is 5.15 Å². The highest BCUT2D eigenvalue weighted by Crippen LogP contribution is 2.21. The van der Waals surface area contributed by atoms with Gasteiger partial charge in [-0.1, -0.05) is 29.8 Å². The molecule has 0 fully saturated rings. The average molecular weight is 233 g/mol. The van der Waals surface area contributed by atoms with Crippen LogP contribution >= 0.6 is 11.6 Å². The van der Waals surface area contributed by atoms with Crippen molar-refractivity contribution >= 4 is 34.5 Å². The molecule has 1 aromatic carbocycles. The number of aromatic nitrogens is 1. The van der Waals surface area contributed by atoms with Gasteiger partial charge in [0.25, 0.3) is 0 Å². The van der Waals surface area contributed by atoms with E-state index in [9.17, 15) is 4.79 Å². The number of hydrogen-bond donors (Lipinski definition) is 1. The Morgan fingerprint density at radius 3 is 2.88 bits per heavy atom. The summed E-state index contributed by atoms with van der Waals surface area (Å²) in [5.74, 6) is -0.510. The molecule has 2 rings (SSSR count). The van der Waals surface area contributed by atoms with E-state index in [-0.39, 0.29) is 0 Å². The first-order valence-electron chi connectivity index (χ1n) is 4.69.